The Bertz CT molecular complexity index is 877. The fourth-order valence-electron chi connectivity index (χ4n) is 3.59. The molecule has 0 heterocycles. The second-order valence-electron chi connectivity index (χ2n) is 7.74. The normalized spacial score (nSPS) is 11.5. The Kier molecular flexibility index (Phi) is 10.2. The van der Waals surface area contributed by atoms with Crippen molar-refractivity contribution in [1.82, 2.24) is 0 Å². The van der Waals surface area contributed by atoms with Crippen LogP contribution in [-0.4, -0.2) is 18.1 Å². The Morgan fingerprint density at radius 1 is 0.833 bits per heavy atom. The van der Waals surface area contributed by atoms with Gasteiger partial charge in [-0.3, -0.25) is 4.55 Å². The first-order valence-electron chi connectivity index (χ1n) is 11.0. The number of ether oxygens (including phenoxy) is 1. The highest BCUT2D eigenvalue weighted by Crippen LogP contribution is 2.32. The molecule has 0 unspecified atom stereocenters. The molecule has 0 aliphatic rings. The lowest BCUT2D eigenvalue weighted by molar-refractivity contribution is 0.447. The van der Waals surface area contributed by atoms with Crippen LogP contribution >= 0.6 is 0 Å². The van der Waals surface area contributed by atoms with Crippen molar-refractivity contribution in [1.29, 1.82) is 0 Å². The third kappa shape index (κ3) is 8.36. The quantitative estimate of drug-likeness (QED) is 0.250. The first-order chi connectivity index (χ1) is 14.4. The first-order valence-corrected chi connectivity index (χ1v) is 12.4. The van der Waals surface area contributed by atoms with E-state index in [2.05, 4.69) is 6.92 Å². The van der Waals surface area contributed by atoms with Gasteiger partial charge in [-0.25, -0.2) is 0 Å². The predicted octanol–water partition coefficient (Wildman–Crippen LogP) is 6.89. The highest BCUT2D eigenvalue weighted by atomic mass is 32.2. The fraction of sp³-hybridized carbons (Fsp3) is 0.500. The van der Waals surface area contributed by atoms with Gasteiger partial charge in [-0.05, 0) is 37.1 Å². The average molecular weight is 435 g/mol. The lowest BCUT2D eigenvalue weighted by atomic mass is 10.0. The number of phenols is 1. The topological polar surface area (TPSA) is 83.8 Å². The summed E-state index contributed by atoms with van der Waals surface area (Å²) in [6, 6.07) is 11.0. The van der Waals surface area contributed by atoms with Crippen molar-refractivity contribution in [3.05, 3.63) is 48.0 Å². The minimum absolute atomic E-state index is 0.0645. The molecule has 166 valence electrons. The SMILES string of the molecule is CCCCCCCCCCCCc1c(Oc2cccc(O)c2)cccc1S(=O)(=O)O. The van der Waals surface area contributed by atoms with Crippen molar-refractivity contribution in [2.75, 3.05) is 0 Å². The van der Waals surface area contributed by atoms with E-state index in [1.165, 1.54) is 63.1 Å². The molecule has 0 aliphatic heterocycles. The molecule has 0 radical (unpaired) electrons. The van der Waals surface area contributed by atoms with E-state index < -0.39 is 10.1 Å². The lowest BCUT2D eigenvalue weighted by Gasteiger charge is -2.14. The molecule has 6 heteroatoms. The fourth-order valence-corrected chi connectivity index (χ4v) is 4.36. The average Bonchev–Trinajstić information content (AvgIpc) is 2.69. The van der Waals surface area contributed by atoms with E-state index >= 15 is 0 Å². The van der Waals surface area contributed by atoms with Crippen LogP contribution in [0.3, 0.4) is 0 Å². The summed E-state index contributed by atoms with van der Waals surface area (Å²) in [6.07, 6.45) is 12.4. The van der Waals surface area contributed by atoms with Gasteiger partial charge in [0.2, 0.25) is 0 Å². The highest BCUT2D eigenvalue weighted by Gasteiger charge is 2.19. The van der Waals surface area contributed by atoms with E-state index in [1.807, 2.05) is 0 Å². The molecular weight excluding hydrogens is 400 g/mol. The summed E-state index contributed by atoms with van der Waals surface area (Å²) in [5.74, 6) is 0.855. The molecule has 0 amide bonds. The zero-order valence-corrected chi connectivity index (χ0v) is 18.7. The van der Waals surface area contributed by atoms with Crippen molar-refractivity contribution >= 4 is 10.1 Å². The number of hydrogen-bond acceptors (Lipinski definition) is 4. The van der Waals surface area contributed by atoms with Crippen LogP contribution in [0.15, 0.2) is 47.4 Å². The molecule has 30 heavy (non-hydrogen) atoms. The zero-order chi connectivity index (χ0) is 21.8. The molecule has 0 spiro atoms. The molecule has 0 saturated carbocycles. The van der Waals surface area contributed by atoms with Gasteiger partial charge in [0, 0.05) is 11.6 Å². The van der Waals surface area contributed by atoms with Crippen LogP contribution in [0.2, 0.25) is 0 Å². The molecule has 2 N–H and O–H groups in total. The van der Waals surface area contributed by atoms with Gasteiger partial charge in [0.1, 0.15) is 22.1 Å². The minimum atomic E-state index is -4.35. The smallest absolute Gasteiger partial charge is 0.294 e. The van der Waals surface area contributed by atoms with Crippen LogP contribution in [0.4, 0.5) is 0 Å². The van der Waals surface area contributed by atoms with Crippen LogP contribution in [-0.2, 0) is 16.5 Å². The van der Waals surface area contributed by atoms with E-state index in [0.717, 1.165) is 19.3 Å². The van der Waals surface area contributed by atoms with Gasteiger partial charge in [-0.1, -0.05) is 76.8 Å². The van der Waals surface area contributed by atoms with Crippen LogP contribution in [0.25, 0.3) is 0 Å². The van der Waals surface area contributed by atoms with E-state index in [-0.39, 0.29) is 10.6 Å². The molecular formula is C24H34O5S. The number of hydrogen-bond donors (Lipinski definition) is 2. The Morgan fingerprint density at radius 3 is 2.03 bits per heavy atom. The number of unbranched alkanes of at least 4 members (excludes halogenated alkanes) is 9. The van der Waals surface area contributed by atoms with E-state index in [4.69, 9.17) is 4.74 Å². The van der Waals surface area contributed by atoms with Crippen molar-refractivity contribution in [2.45, 2.75) is 82.4 Å². The molecule has 0 aromatic heterocycles. The number of benzene rings is 2. The molecule has 0 atom stereocenters. The summed E-state index contributed by atoms with van der Waals surface area (Å²) in [5, 5.41) is 9.63. The Morgan fingerprint density at radius 2 is 1.43 bits per heavy atom. The standard InChI is InChI=1S/C24H34O5S/c1-2-3-4-5-6-7-8-9-10-11-16-22-23(17-13-18-24(22)30(26,27)28)29-21-15-12-14-20(25)19-21/h12-15,17-19,25H,2-11,16H2,1H3,(H,26,27,28). The van der Waals surface area contributed by atoms with Crippen molar-refractivity contribution in [2.24, 2.45) is 0 Å². The summed E-state index contributed by atoms with van der Waals surface area (Å²) < 4.78 is 39.2. The van der Waals surface area contributed by atoms with Gasteiger partial charge in [0.25, 0.3) is 10.1 Å². The van der Waals surface area contributed by atoms with Crippen molar-refractivity contribution < 1.29 is 22.8 Å². The molecule has 2 aromatic carbocycles. The predicted molar refractivity (Wildman–Crippen MR) is 120 cm³/mol. The Hall–Kier alpha value is -2.05. The first kappa shape index (κ1) is 24.2. The highest BCUT2D eigenvalue weighted by molar-refractivity contribution is 7.85. The van der Waals surface area contributed by atoms with Crippen LogP contribution in [0, 0.1) is 0 Å². The summed E-state index contributed by atoms with van der Waals surface area (Å²) in [6.45, 7) is 2.22. The number of phenolic OH excluding ortho intramolecular Hbond substituents is 1. The maximum absolute atomic E-state index is 11.9. The maximum atomic E-state index is 11.9. The number of rotatable bonds is 14. The second-order valence-corrected chi connectivity index (χ2v) is 9.13. The summed E-state index contributed by atoms with van der Waals surface area (Å²) in [5.41, 5.74) is 0.475. The summed E-state index contributed by atoms with van der Waals surface area (Å²) in [4.78, 5) is -0.115. The zero-order valence-electron chi connectivity index (χ0n) is 17.8. The van der Waals surface area contributed by atoms with Gasteiger partial charge < -0.3 is 9.84 Å². The van der Waals surface area contributed by atoms with Crippen molar-refractivity contribution in [3.63, 3.8) is 0 Å². The van der Waals surface area contributed by atoms with Gasteiger partial charge in [0.15, 0.2) is 0 Å². The molecule has 2 rings (SSSR count). The van der Waals surface area contributed by atoms with Gasteiger partial charge in [-0.15, -0.1) is 0 Å². The molecule has 2 aromatic rings. The van der Waals surface area contributed by atoms with Crippen LogP contribution < -0.4 is 4.74 Å². The van der Waals surface area contributed by atoms with Gasteiger partial charge in [0.05, 0.1) is 0 Å². The third-order valence-electron chi connectivity index (χ3n) is 5.19. The minimum Gasteiger partial charge on any atom is -0.508 e. The molecule has 0 saturated heterocycles. The third-order valence-corrected chi connectivity index (χ3v) is 6.13. The van der Waals surface area contributed by atoms with Gasteiger partial charge >= 0.3 is 0 Å². The van der Waals surface area contributed by atoms with E-state index in [1.54, 1.807) is 24.3 Å². The van der Waals surface area contributed by atoms with Crippen LogP contribution in [0.5, 0.6) is 17.2 Å². The Labute approximate surface area is 180 Å². The molecule has 0 fully saturated rings. The van der Waals surface area contributed by atoms with Crippen LogP contribution in [0.1, 0.15) is 76.7 Å². The van der Waals surface area contributed by atoms with Crippen molar-refractivity contribution in [3.8, 4) is 17.2 Å². The largest absolute Gasteiger partial charge is 0.508 e. The van der Waals surface area contributed by atoms with Gasteiger partial charge in [-0.2, -0.15) is 8.42 Å². The summed E-state index contributed by atoms with van der Waals surface area (Å²) in [7, 11) is -4.35. The number of aromatic hydroxyl groups is 1. The lowest BCUT2D eigenvalue weighted by Crippen LogP contribution is -2.05. The van der Waals surface area contributed by atoms with E-state index in [0.29, 0.717) is 23.5 Å². The Balaban J connectivity index is 1.94. The maximum Gasteiger partial charge on any atom is 0.294 e. The molecule has 0 bridgehead atoms. The molecule has 5 nitrogen and oxygen atoms in total. The second kappa shape index (κ2) is 12.6. The summed E-state index contributed by atoms with van der Waals surface area (Å²) >= 11 is 0. The monoisotopic (exact) mass is 434 g/mol. The van der Waals surface area contributed by atoms with E-state index in [9.17, 15) is 18.1 Å². The molecule has 0 aliphatic carbocycles.